The molecule has 0 saturated heterocycles. The van der Waals surface area contributed by atoms with E-state index in [0.29, 0.717) is 24.2 Å². The monoisotopic (exact) mass is 337 g/mol. The maximum Gasteiger partial charge on any atom is 0.254 e. The summed E-state index contributed by atoms with van der Waals surface area (Å²) >= 11 is 0. The molecule has 1 aliphatic heterocycles. The average Bonchev–Trinajstić information content (AvgIpc) is 3.09. The molecular formula is C18H19N5O2. The number of amides is 2. The largest absolute Gasteiger partial charge is 0.349 e. The SMILES string of the molecule is CN(C)C(=O)CC1CN(C(=O)c2cccc(C#N)c2)Cc2ccnn21. The first-order chi connectivity index (χ1) is 12.0. The lowest BCUT2D eigenvalue weighted by Crippen LogP contribution is -2.42. The van der Waals surface area contributed by atoms with E-state index in [1.807, 2.05) is 16.8 Å². The Labute approximate surface area is 146 Å². The Morgan fingerprint density at radius 2 is 2.16 bits per heavy atom. The summed E-state index contributed by atoms with van der Waals surface area (Å²) in [5.41, 5.74) is 1.82. The van der Waals surface area contributed by atoms with Crippen molar-refractivity contribution < 1.29 is 9.59 Å². The molecule has 1 aromatic carbocycles. The van der Waals surface area contributed by atoms with E-state index in [1.54, 1.807) is 54.4 Å². The maximum absolute atomic E-state index is 12.9. The lowest BCUT2D eigenvalue weighted by atomic mass is 10.1. The van der Waals surface area contributed by atoms with Gasteiger partial charge in [0.25, 0.3) is 5.91 Å². The number of nitriles is 1. The van der Waals surface area contributed by atoms with E-state index in [9.17, 15) is 9.59 Å². The third-order valence-corrected chi connectivity index (χ3v) is 4.32. The number of hydrogen-bond acceptors (Lipinski definition) is 4. The first kappa shape index (κ1) is 16.7. The van der Waals surface area contributed by atoms with Crippen LogP contribution < -0.4 is 0 Å². The third kappa shape index (κ3) is 3.38. The van der Waals surface area contributed by atoms with Crippen molar-refractivity contribution in [3.05, 3.63) is 53.3 Å². The minimum absolute atomic E-state index is 0.00720. The van der Waals surface area contributed by atoms with Gasteiger partial charge in [-0.15, -0.1) is 0 Å². The number of aromatic nitrogens is 2. The van der Waals surface area contributed by atoms with Crippen LogP contribution in [-0.4, -0.2) is 52.0 Å². The molecule has 25 heavy (non-hydrogen) atoms. The number of rotatable bonds is 3. The summed E-state index contributed by atoms with van der Waals surface area (Å²) in [6.45, 7) is 0.839. The van der Waals surface area contributed by atoms with Crippen LogP contribution in [0.15, 0.2) is 36.5 Å². The molecule has 0 fully saturated rings. The van der Waals surface area contributed by atoms with Crippen LogP contribution in [-0.2, 0) is 11.3 Å². The number of fused-ring (bicyclic) bond motifs is 1. The van der Waals surface area contributed by atoms with E-state index in [4.69, 9.17) is 5.26 Å². The van der Waals surface area contributed by atoms with Crippen LogP contribution in [0.3, 0.4) is 0 Å². The first-order valence-corrected chi connectivity index (χ1v) is 8.01. The summed E-state index contributed by atoms with van der Waals surface area (Å²) in [6, 6.07) is 10.4. The lowest BCUT2D eigenvalue weighted by Gasteiger charge is -2.34. The zero-order valence-corrected chi connectivity index (χ0v) is 14.2. The molecule has 128 valence electrons. The van der Waals surface area contributed by atoms with Gasteiger partial charge >= 0.3 is 0 Å². The fourth-order valence-corrected chi connectivity index (χ4v) is 2.98. The van der Waals surface area contributed by atoms with E-state index in [1.165, 1.54) is 0 Å². The Bertz CT molecular complexity index is 849. The molecule has 0 spiro atoms. The van der Waals surface area contributed by atoms with Gasteiger partial charge in [0.1, 0.15) is 0 Å². The van der Waals surface area contributed by atoms with Gasteiger partial charge in [-0.25, -0.2) is 0 Å². The number of hydrogen-bond donors (Lipinski definition) is 0. The zero-order valence-electron chi connectivity index (χ0n) is 14.2. The Hall–Kier alpha value is -3.14. The first-order valence-electron chi connectivity index (χ1n) is 8.01. The van der Waals surface area contributed by atoms with Crippen molar-refractivity contribution in [1.82, 2.24) is 19.6 Å². The van der Waals surface area contributed by atoms with Gasteiger partial charge in [0.05, 0.1) is 36.3 Å². The fraction of sp³-hybridized carbons (Fsp3) is 0.333. The number of nitrogens with zero attached hydrogens (tertiary/aromatic N) is 5. The van der Waals surface area contributed by atoms with Gasteiger partial charge in [-0.1, -0.05) is 6.07 Å². The molecule has 7 nitrogen and oxygen atoms in total. The molecule has 2 aromatic rings. The zero-order chi connectivity index (χ0) is 18.0. The summed E-state index contributed by atoms with van der Waals surface area (Å²) in [6.07, 6.45) is 1.97. The van der Waals surface area contributed by atoms with Crippen molar-refractivity contribution in [3.8, 4) is 6.07 Å². The molecule has 1 aliphatic rings. The number of carbonyl (C=O) groups excluding carboxylic acids is 2. The third-order valence-electron chi connectivity index (χ3n) is 4.32. The van der Waals surface area contributed by atoms with Crippen molar-refractivity contribution >= 4 is 11.8 Å². The Morgan fingerprint density at radius 1 is 1.36 bits per heavy atom. The Balaban J connectivity index is 1.85. The minimum Gasteiger partial charge on any atom is -0.349 e. The molecule has 1 aromatic heterocycles. The summed E-state index contributed by atoms with van der Waals surface area (Å²) in [7, 11) is 3.43. The van der Waals surface area contributed by atoms with Crippen molar-refractivity contribution in [3.63, 3.8) is 0 Å². The van der Waals surface area contributed by atoms with Gasteiger partial charge in [0.15, 0.2) is 0 Å². The van der Waals surface area contributed by atoms with Gasteiger partial charge < -0.3 is 9.80 Å². The van der Waals surface area contributed by atoms with Crippen molar-refractivity contribution in [1.29, 1.82) is 5.26 Å². The van der Waals surface area contributed by atoms with Gasteiger partial charge in [0, 0.05) is 32.4 Å². The molecule has 2 amide bonds. The average molecular weight is 337 g/mol. The summed E-state index contributed by atoms with van der Waals surface area (Å²) in [5, 5.41) is 13.3. The van der Waals surface area contributed by atoms with Gasteiger partial charge in [0.2, 0.25) is 5.91 Å². The quantitative estimate of drug-likeness (QED) is 0.848. The molecule has 0 saturated carbocycles. The molecular weight excluding hydrogens is 318 g/mol. The van der Waals surface area contributed by atoms with Crippen LogP contribution in [0.2, 0.25) is 0 Å². The predicted molar refractivity (Wildman–Crippen MR) is 90.5 cm³/mol. The topological polar surface area (TPSA) is 82.2 Å². The summed E-state index contributed by atoms with van der Waals surface area (Å²) < 4.78 is 1.83. The highest BCUT2D eigenvalue weighted by Gasteiger charge is 2.30. The summed E-state index contributed by atoms with van der Waals surface area (Å²) in [5.74, 6) is -0.154. The summed E-state index contributed by atoms with van der Waals surface area (Å²) in [4.78, 5) is 28.2. The van der Waals surface area contributed by atoms with E-state index in [2.05, 4.69) is 5.10 Å². The molecule has 2 heterocycles. The lowest BCUT2D eigenvalue weighted by molar-refractivity contribution is -0.129. The second-order valence-electron chi connectivity index (χ2n) is 6.29. The van der Waals surface area contributed by atoms with Crippen molar-refractivity contribution in [2.45, 2.75) is 19.0 Å². The minimum atomic E-state index is -0.197. The van der Waals surface area contributed by atoms with Gasteiger partial charge in [-0.3, -0.25) is 14.3 Å². The highest BCUT2D eigenvalue weighted by atomic mass is 16.2. The molecule has 1 unspecified atom stereocenters. The van der Waals surface area contributed by atoms with Crippen LogP contribution >= 0.6 is 0 Å². The fourth-order valence-electron chi connectivity index (χ4n) is 2.98. The van der Waals surface area contributed by atoms with E-state index in [-0.39, 0.29) is 24.3 Å². The predicted octanol–water partition coefficient (Wildman–Crippen LogP) is 1.43. The van der Waals surface area contributed by atoms with Crippen LogP contribution in [0.25, 0.3) is 0 Å². The molecule has 0 bridgehead atoms. The van der Waals surface area contributed by atoms with Crippen LogP contribution in [0.1, 0.15) is 34.1 Å². The molecule has 7 heteroatoms. The number of carbonyl (C=O) groups is 2. The molecule has 0 radical (unpaired) electrons. The molecule has 0 aliphatic carbocycles. The van der Waals surface area contributed by atoms with E-state index < -0.39 is 0 Å². The molecule has 3 rings (SSSR count). The van der Waals surface area contributed by atoms with Crippen LogP contribution in [0.5, 0.6) is 0 Å². The van der Waals surface area contributed by atoms with Gasteiger partial charge in [-0.2, -0.15) is 10.4 Å². The second-order valence-corrected chi connectivity index (χ2v) is 6.29. The molecule has 1 atom stereocenters. The second kappa shape index (κ2) is 6.77. The maximum atomic E-state index is 12.9. The standard InChI is InChI=1S/C18H19N5O2/c1-21(2)17(24)9-16-12-22(11-15-6-7-20-23(15)16)18(25)14-5-3-4-13(8-14)10-19/h3-8,16H,9,11-12H2,1-2H3. The Kier molecular flexibility index (Phi) is 4.52. The van der Waals surface area contributed by atoms with E-state index >= 15 is 0 Å². The van der Waals surface area contributed by atoms with Gasteiger partial charge in [-0.05, 0) is 24.3 Å². The molecule has 0 N–H and O–H groups in total. The van der Waals surface area contributed by atoms with Crippen molar-refractivity contribution in [2.75, 3.05) is 20.6 Å². The van der Waals surface area contributed by atoms with Crippen LogP contribution in [0, 0.1) is 11.3 Å². The highest BCUT2D eigenvalue weighted by molar-refractivity contribution is 5.94. The van der Waals surface area contributed by atoms with Crippen LogP contribution in [0.4, 0.5) is 0 Å². The number of benzene rings is 1. The smallest absolute Gasteiger partial charge is 0.254 e. The van der Waals surface area contributed by atoms with Crippen molar-refractivity contribution in [2.24, 2.45) is 0 Å². The van der Waals surface area contributed by atoms with E-state index in [0.717, 1.165) is 5.69 Å². The highest BCUT2D eigenvalue weighted by Crippen LogP contribution is 2.25. The normalized spacial score (nSPS) is 16.0. The Morgan fingerprint density at radius 3 is 2.88 bits per heavy atom.